The van der Waals surface area contributed by atoms with E-state index in [1.54, 1.807) is 12.1 Å². The Bertz CT molecular complexity index is 785. The fourth-order valence-corrected chi connectivity index (χ4v) is 5.66. The van der Waals surface area contributed by atoms with E-state index in [-0.39, 0.29) is 5.56 Å². The van der Waals surface area contributed by atoms with Crippen molar-refractivity contribution in [1.29, 1.82) is 0 Å². The van der Waals surface area contributed by atoms with Crippen molar-refractivity contribution in [3.8, 4) is 11.1 Å². The van der Waals surface area contributed by atoms with E-state index in [9.17, 15) is 8.78 Å². The highest BCUT2D eigenvalue weighted by Crippen LogP contribution is 2.48. The van der Waals surface area contributed by atoms with Crippen LogP contribution in [-0.4, -0.2) is 0 Å². The van der Waals surface area contributed by atoms with E-state index in [1.807, 2.05) is 24.3 Å². The Hall–Kier alpha value is -1.70. The summed E-state index contributed by atoms with van der Waals surface area (Å²) < 4.78 is 29.9. The van der Waals surface area contributed by atoms with Gasteiger partial charge in [-0.2, -0.15) is 0 Å². The fourth-order valence-electron chi connectivity index (χ4n) is 5.66. The summed E-state index contributed by atoms with van der Waals surface area (Å²) in [6, 6.07) is 10.9. The molecule has 0 aliphatic heterocycles. The molecule has 0 nitrogen and oxygen atoms in total. The predicted molar refractivity (Wildman–Crippen MR) is 112 cm³/mol. The normalized spacial score (nSPS) is 27.4. The van der Waals surface area contributed by atoms with Crippen molar-refractivity contribution in [2.24, 2.45) is 17.8 Å². The first-order valence-electron chi connectivity index (χ1n) is 11.1. The van der Waals surface area contributed by atoms with Gasteiger partial charge in [-0.1, -0.05) is 51.0 Å². The zero-order valence-corrected chi connectivity index (χ0v) is 17.2. The van der Waals surface area contributed by atoms with E-state index in [4.69, 9.17) is 0 Å². The number of halogens is 2. The van der Waals surface area contributed by atoms with Crippen LogP contribution in [0.1, 0.15) is 75.8 Å². The van der Waals surface area contributed by atoms with Gasteiger partial charge in [-0.15, -0.1) is 0 Å². The second-order valence-electron chi connectivity index (χ2n) is 9.25. The highest BCUT2D eigenvalue weighted by atomic mass is 19.1. The third-order valence-corrected chi connectivity index (χ3v) is 7.19. The molecule has 2 fully saturated rings. The Morgan fingerprint density at radius 2 is 1.50 bits per heavy atom. The molecule has 1 unspecified atom stereocenters. The zero-order valence-electron chi connectivity index (χ0n) is 17.2. The highest BCUT2D eigenvalue weighted by molar-refractivity contribution is 5.65. The lowest BCUT2D eigenvalue weighted by Crippen LogP contribution is -2.29. The van der Waals surface area contributed by atoms with Crippen LogP contribution in [0.25, 0.3) is 11.1 Å². The largest absolute Gasteiger partial charge is 0.206 e. The van der Waals surface area contributed by atoms with Gasteiger partial charge in [-0.05, 0) is 91.0 Å². The van der Waals surface area contributed by atoms with Gasteiger partial charge < -0.3 is 0 Å². The zero-order chi connectivity index (χ0) is 19.7. The Kier molecular flexibility index (Phi) is 5.85. The molecule has 28 heavy (non-hydrogen) atoms. The first-order valence-corrected chi connectivity index (χ1v) is 11.1. The Balaban J connectivity index is 1.54. The Labute approximate surface area is 168 Å². The third-order valence-electron chi connectivity index (χ3n) is 7.19. The molecule has 0 amide bonds. The average molecular weight is 383 g/mol. The minimum absolute atomic E-state index is 0.118. The van der Waals surface area contributed by atoms with Crippen molar-refractivity contribution in [2.75, 3.05) is 0 Å². The van der Waals surface area contributed by atoms with Gasteiger partial charge in [-0.3, -0.25) is 0 Å². The third kappa shape index (κ3) is 4.02. The summed E-state index contributed by atoms with van der Waals surface area (Å²) in [5, 5.41) is 0. The predicted octanol–water partition coefficient (Wildman–Crippen LogP) is 7.90. The summed E-state index contributed by atoms with van der Waals surface area (Å²) >= 11 is 0. The van der Waals surface area contributed by atoms with Crippen molar-refractivity contribution in [3.05, 3.63) is 59.2 Å². The number of fused-ring (bicyclic) bond motifs is 1. The first kappa shape index (κ1) is 19.6. The molecule has 2 saturated carbocycles. The molecule has 2 heteroatoms. The van der Waals surface area contributed by atoms with Gasteiger partial charge in [0, 0.05) is 0 Å². The van der Waals surface area contributed by atoms with Crippen LogP contribution < -0.4 is 0 Å². The van der Waals surface area contributed by atoms with E-state index in [0.29, 0.717) is 11.5 Å². The van der Waals surface area contributed by atoms with Gasteiger partial charge in [0.25, 0.3) is 0 Å². The van der Waals surface area contributed by atoms with Crippen LogP contribution in [-0.2, 0) is 6.42 Å². The Morgan fingerprint density at radius 3 is 2.18 bits per heavy atom. The molecule has 0 saturated heterocycles. The van der Waals surface area contributed by atoms with E-state index in [2.05, 4.69) is 13.8 Å². The fraction of sp³-hybridized carbons (Fsp3) is 0.538. The van der Waals surface area contributed by atoms with E-state index in [1.165, 1.54) is 31.2 Å². The van der Waals surface area contributed by atoms with Crippen LogP contribution in [0.2, 0.25) is 0 Å². The molecule has 2 aromatic rings. The lowest BCUT2D eigenvalue weighted by atomic mass is 9.64. The minimum atomic E-state index is -0.419. The first-order chi connectivity index (χ1) is 13.5. The molecule has 0 heterocycles. The van der Waals surface area contributed by atoms with Crippen LogP contribution in [0.15, 0.2) is 36.4 Å². The van der Waals surface area contributed by atoms with Crippen LogP contribution in [0, 0.1) is 29.4 Å². The highest BCUT2D eigenvalue weighted by Gasteiger charge is 2.35. The van der Waals surface area contributed by atoms with E-state index >= 15 is 0 Å². The molecule has 0 radical (unpaired) electrons. The molecule has 2 aliphatic rings. The van der Waals surface area contributed by atoms with Crippen molar-refractivity contribution in [1.82, 2.24) is 0 Å². The summed E-state index contributed by atoms with van der Waals surface area (Å²) in [5.41, 5.74) is 2.82. The van der Waals surface area contributed by atoms with Crippen molar-refractivity contribution in [2.45, 2.75) is 71.1 Å². The molecule has 2 aliphatic carbocycles. The molecule has 2 aromatic carbocycles. The number of benzene rings is 2. The molecule has 4 rings (SSSR count). The van der Waals surface area contributed by atoms with Crippen LogP contribution in [0.4, 0.5) is 8.78 Å². The van der Waals surface area contributed by atoms with E-state index < -0.39 is 11.6 Å². The number of aryl methyl sites for hydroxylation is 1. The maximum atomic E-state index is 14.9. The molecule has 4 atom stereocenters. The molecular weight excluding hydrogens is 350 g/mol. The lowest BCUT2D eigenvalue weighted by molar-refractivity contribution is 0.124. The van der Waals surface area contributed by atoms with Gasteiger partial charge in [0.1, 0.15) is 11.6 Å². The van der Waals surface area contributed by atoms with Gasteiger partial charge >= 0.3 is 0 Å². The minimum Gasteiger partial charge on any atom is -0.206 e. The number of hydrogen-bond acceptors (Lipinski definition) is 0. The number of rotatable bonds is 4. The Morgan fingerprint density at radius 1 is 0.857 bits per heavy atom. The monoisotopic (exact) mass is 382 g/mol. The quantitative estimate of drug-likeness (QED) is 0.504. The summed E-state index contributed by atoms with van der Waals surface area (Å²) in [7, 11) is 0. The molecular formula is C26H32F2. The lowest BCUT2D eigenvalue weighted by Gasteiger charge is -2.41. The van der Waals surface area contributed by atoms with Crippen LogP contribution >= 0.6 is 0 Å². The summed E-state index contributed by atoms with van der Waals surface area (Å²) in [6.07, 6.45) is 9.38. The van der Waals surface area contributed by atoms with Gasteiger partial charge in [0.05, 0.1) is 5.56 Å². The van der Waals surface area contributed by atoms with Gasteiger partial charge in [0.2, 0.25) is 0 Å². The smallest absolute Gasteiger partial charge is 0.134 e. The van der Waals surface area contributed by atoms with E-state index in [0.717, 1.165) is 49.0 Å². The molecule has 0 bridgehead atoms. The molecule has 0 N–H and O–H groups in total. The topological polar surface area (TPSA) is 0 Å². The van der Waals surface area contributed by atoms with Crippen molar-refractivity contribution >= 4 is 0 Å². The molecule has 0 aromatic heterocycles. The summed E-state index contributed by atoms with van der Waals surface area (Å²) in [4.78, 5) is 0. The van der Waals surface area contributed by atoms with Gasteiger partial charge in [0.15, 0.2) is 0 Å². The molecule has 150 valence electrons. The standard InChI is InChI=1S/C26H32F2/c1-3-4-18-6-9-19(10-7-18)26-24(27)15-23(16-25(26)28)22-12-11-20-13-17(2)5-8-21(20)14-22/h6-7,9-10,15-17,20-22H,3-5,8,11-14H2,1-2H3/t17?,20-,21-,22-/m1/s1. The van der Waals surface area contributed by atoms with Crippen molar-refractivity contribution in [3.63, 3.8) is 0 Å². The van der Waals surface area contributed by atoms with Gasteiger partial charge in [-0.25, -0.2) is 8.78 Å². The van der Waals surface area contributed by atoms with Crippen molar-refractivity contribution < 1.29 is 8.78 Å². The maximum absolute atomic E-state index is 14.9. The molecule has 0 spiro atoms. The maximum Gasteiger partial charge on any atom is 0.134 e. The summed E-state index contributed by atoms with van der Waals surface area (Å²) in [6.45, 7) is 4.49. The summed E-state index contributed by atoms with van der Waals surface area (Å²) in [5.74, 6) is 1.88. The van der Waals surface area contributed by atoms with Crippen LogP contribution in [0.3, 0.4) is 0 Å². The second-order valence-corrected chi connectivity index (χ2v) is 9.25. The SMILES string of the molecule is CCCc1ccc(-c2c(F)cc([C@@H]3CC[C@@H]4CC(C)CC[C@@H]4C3)cc2F)cc1. The second kappa shape index (κ2) is 8.35. The van der Waals surface area contributed by atoms with Crippen LogP contribution in [0.5, 0.6) is 0 Å². The number of hydrogen-bond donors (Lipinski definition) is 0. The average Bonchev–Trinajstić information content (AvgIpc) is 2.68.